The summed E-state index contributed by atoms with van der Waals surface area (Å²) < 4.78 is 9.82. The fourth-order valence-electron chi connectivity index (χ4n) is 2.57. The molecule has 0 spiro atoms. The average Bonchev–Trinajstić information content (AvgIpc) is 2.59. The van der Waals surface area contributed by atoms with Gasteiger partial charge in [-0.3, -0.25) is 0 Å². The molecule has 0 saturated carbocycles. The van der Waals surface area contributed by atoms with Gasteiger partial charge in [0.2, 0.25) is 0 Å². The third kappa shape index (κ3) is 3.82. The van der Waals surface area contributed by atoms with Gasteiger partial charge in [0.25, 0.3) is 0 Å². The maximum absolute atomic E-state index is 5.31. The van der Waals surface area contributed by atoms with Crippen molar-refractivity contribution >= 4 is 31.6 Å². The summed E-state index contributed by atoms with van der Waals surface area (Å²) in [6, 6.07) is 26.9. The van der Waals surface area contributed by atoms with E-state index in [2.05, 4.69) is 86.6 Å². The number of benzene rings is 3. The Morgan fingerprint density at radius 2 is 0.913 bits per heavy atom. The van der Waals surface area contributed by atoms with Crippen LogP contribution in [0, 0.1) is 13.8 Å². The molecule has 0 unspecified atom stereocenters. The molecule has 0 radical (unpaired) electrons. The molecule has 2 heteroatoms. The van der Waals surface area contributed by atoms with Gasteiger partial charge < -0.3 is 0 Å². The van der Waals surface area contributed by atoms with Crippen molar-refractivity contribution in [2.24, 2.45) is 0 Å². The van der Waals surface area contributed by atoms with Crippen LogP contribution in [0.4, 0.5) is 0 Å². The fraction of sp³-hybridized carbons (Fsp3) is 0.143. The van der Waals surface area contributed by atoms with Crippen LogP contribution in [-0.4, -0.2) is 28.9 Å². The molecule has 0 saturated heterocycles. The van der Waals surface area contributed by atoms with E-state index < -0.39 is 21.8 Å². The Bertz CT molecular complexity index is 713. The minimum atomic E-state index is -2.22. The van der Waals surface area contributed by atoms with E-state index in [1.165, 1.54) is 20.9 Å². The minimum absolute atomic E-state index is 0.922. The van der Waals surface area contributed by atoms with Gasteiger partial charge in [-0.05, 0) is 0 Å². The van der Waals surface area contributed by atoms with Gasteiger partial charge in [-0.2, -0.15) is 0 Å². The monoisotopic (exact) mass is 498 g/mol. The van der Waals surface area contributed by atoms with Gasteiger partial charge >= 0.3 is 147 Å². The third-order valence-electron chi connectivity index (χ3n) is 3.91. The molecule has 0 aromatic heterocycles. The molecule has 0 aliphatic heterocycles. The molecule has 23 heavy (non-hydrogen) atoms. The molecular weight excluding hydrogens is 477 g/mol. The topological polar surface area (TPSA) is 9.23 Å². The van der Waals surface area contributed by atoms with Crippen LogP contribution < -0.4 is 14.6 Å². The quantitative estimate of drug-likeness (QED) is 0.503. The first kappa shape index (κ1) is 16.2. The normalized spacial score (nSPS) is 10.8. The van der Waals surface area contributed by atoms with Gasteiger partial charge in [0.1, 0.15) is 0 Å². The zero-order chi connectivity index (χ0) is 16.2. The predicted molar refractivity (Wildman–Crippen MR) is 100 cm³/mol. The summed E-state index contributed by atoms with van der Waals surface area (Å²) in [4.78, 5) is 0. The van der Waals surface area contributed by atoms with E-state index in [-0.39, 0.29) is 0 Å². The van der Waals surface area contributed by atoms with Crippen LogP contribution >= 0.6 is 0 Å². The second-order valence-corrected chi connectivity index (χ2v) is 14.3. The first-order chi connectivity index (χ1) is 11.2. The molecule has 1 nitrogen and oxygen atoms in total. The molecule has 0 aliphatic rings. The summed E-state index contributed by atoms with van der Waals surface area (Å²) in [7, 11) is 1.72. The van der Waals surface area contributed by atoms with Gasteiger partial charge in [-0.25, -0.2) is 0 Å². The van der Waals surface area contributed by atoms with Crippen molar-refractivity contribution in [2.45, 2.75) is 13.8 Å². The van der Waals surface area contributed by atoms with Gasteiger partial charge in [0.15, 0.2) is 0 Å². The SMILES string of the molecule is COc1cc[c]([Bi]([c]2ccc(C)cc2)[c]2ccc(C)cc2)cc1. The zero-order valence-corrected chi connectivity index (χ0v) is 17.3. The summed E-state index contributed by atoms with van der Waals surface area (Å²) in [5, 5.41) is 0. The van der Waals surface area contributed by atoms with Crippen molar-refractivity contribution in [3.63, 3.8) is 0 Å². The summed E-state index contributed by atoms with van der Waals surface area (Å²) in [5.74, 6) is 0.922. The van der Waals surface area contributed by atoms with Crippen molar-refractivity contribution in [1.82, 2.24) is 0 Å². The molecule has 3 aromatic rings. The number of aryl methyl sites for hydroxylation is 2. The molecule has 0 atom stereocenters. The molecule has 3 aromatic carbocycles. The molecule has 3 rings (SSSR count). The standard InChI is InChI=1S/C7H7O.2C7H7.Bi/c1-8-7-5-3-2-4-6-7;2*1-7-5-3-2-4-6-7;/h3-6H,1H3;2*3-6H,1H3;. The van der Waals surface area contributed by atoms with Gasteiger partial charge in [-0.15, -0.1) is 0 Å². The first-order valence-corrected chi connectivity index (χ1v) is 13.0. The van der Waals surface area contributed by atoms with Gasteiger partial charge in [-0.1, -0.05) is 0 Å². The van der Waals surface area contributed by atoms with Crippen molar-refractivity contribution in [2.75, 3.05) is 7.11 Å². The predicted octanol–water partition coefficient (Wildman–Crippen LogP) is 2.83. The Morgan fingerprint density at radius 3 is 1.26 bits per heavy atom. The molecule has 0 bridgehead atoms. The maximum atomic E-state index is 5.31. The number of ether oxygens (including phenoxy) is 1. The van der Waals surface area contributed by atoms with Crippen LogP contribution in [0.25, 0.3) is 0 Å². The van der Waals surface area contributed by atoms with E-state index in [0.717, 1.165) is 5.75 Å². The third-order valence-corrected chi connectivity index (χ3v) is 13.4. The van der Waals surface area contributed by atoms with E-state index in [0.29, 0.717) is 0 Å². The van der Waals surface area contributed by atoms with E-state index in [9.17, 15) is 0 Å². The molecule has 0 amide bonds. The van der Waals surface area contributed by atoms with Crippen LogP contribution in [0.15, 0.2) is 72.8 Å². The van der Waals surface area contributed by atoms with E-state index in [4.69, 9.17) is 4.74 Å². The molecule has 116 valence electrons. The second kappa shape index (κ2) is 7.28. The zero-order valence-electron chi connectivity index (χ0n) is 13.8. The van der Waals surface area contributed by atoms with E-state index >= 15 is 0 Å². The van der Waals surface area contributed by atoms with Gasteiger partial charge in [0, 0.05) is 0 Å². The first-order valence-electron chi connectivity index (χ1n) is 7.75. The number of methoxy groups -OCH3 is 1. The van der Waals surface area contributed by atoms with Crippen LogP contribution in [-0.2, 0) is 0 Å². The van der Waals surface area contributed by atoms with Crippen LogP contribution in [0.1, 0.15) is 11.1 Å². The van der Waals surface area contributed by atoms with Crippen molar-refractivity contribution < 1.29 is 4.74 Å². The Kier molecular flexibility index (Phi) is 5.13. The summed E-state index contributed by atoms with van der Waals surface area (Å²) in [6.07, 6.45) is 0. The number of hydrogen-bond acceptors (Lipinski definition) is 1. The van der Waals surface area contributed by atoms with Crippen molar-refractivity contribution in [3.8, 4) is 5.75 Å². The molecule has 0 fully saturated rings. The van der Waals surface area contributed by atoms with Gasteiger partial charge in [0.05, 0.1) is 0 Å². The number of hydrogen-bond donors (Lipinski definition) is 0. The van der Waals surface area contributed by atoms with Crippen LogP contribution in [0.5, 0.6) is 5.75 Å². The molecule has 0 aliphatic carbocycles. The van der Waals surface area contributed by atoms with E-state index in [1.807, 2.05) is 0 Å². The van der Waals surface area contributed by atoms with Crippen molar-refractivity contribution in [3.05, 3.63) is 83.9 Å². The second-order valence-electron chi connectivity index (χ2n) is 5.70. The Morgan fingerprint density at radius 1 is 0.565 bits per heavy atom. The van der Waals surface area contributed by atoms with E-state index in [1.54, 1.807) is 7.11 Å². The summed E-state index contributed by atoms with van der Waals surface area (Å²) >= 11 is -2.22. The Hall–Kier alpha value is -1.66. The summed E-state index contributed by atoms with van der Waals surface area (Å²) in [6.45, 7) is 4.29. The number of rotatable bonds is 4. The Balaban J connectivity index is 2.08. The van der Waals surface area contributed by atoms with Crippen molar-refractivity contribution in [1.29, 1.82) is 0 Å². The average molecular weight is 498 g/mol. The molecule has 0 heterocycles. The fourth-order valence-corrected chi connectivity index (χ4v) is 11.3. The Labute approximate surface area is 146 Å². The molecular formula is C21H21BiO. The molecule has 0 N–H and O–H groups in total. The van der Waals surface area contributed by atoms with Crippen LogP contribution in [0.2, 0.25) is 0 Å². The van der Waals surface area contributed by atoms with Crippen LogP contribution in [0.3, 0.4) is 0 Å². The summed E-state index contributed by atoms with van der Waals surface area (Å²) in [5.41, 5.74) is 2.63.